The maximum Gasteiger partial charge on any atom is 0.230 e. The van der Waals surface area contributed by atoms with Crippen molar-refractivity contribution in [2.75, 3.05) is 18.5 Å². The predicted molar refractivity (Wildman–Crippen MR) is 117 cm³/mol. The Morgan fingerprint density at radius 1 is 1.14 bits per heavy atom. The first-order valence-corrected chi connectivity index (χ1v) is 11.3. The summed E-state index contributed by atoms with van der Waals surface area (Å²) < 4.78 is 12.0. The molecule has 0 unspecified atom stereocenters. The first-order chi connectivity index (χ1) is 14.1. The third-order valence-electron chi connectivity index (χ3n) is 4.55. The van der Waals surface area contributed by atoms with E-state index in [1.54, 1.807) is 29.2 Å². The van der Waals surface area contributed by atoms with Crippen LogP contribution < -0.4 is 14.8 Å². The van der Waals surface area contributed by atoms with Gasteiger partial charge in [-0.1, -0.05) is 35.5 Å². The molecular weight excluding hydrogens is 404 g/mol. The number of rotatable bonds is 6. The van der Waals surface area contributed by atoms with Crippen LogP contribution in [0.1, 0.15) is 22.4 Å². The van der Waals surface area contributed by atoms with Gasteiger partial charge in [0.2, 0.25) is 5.91 Å². The van der Waals surface area contributed by atoms with E-state index in [0.29, 0.717) is 30.4 Å². The van der Waals surface area contributed by atoms with Crippen LogP contribution in [0.5, 0.6) is 11.5 Å². The fourth-order valence-corrected chi connectivity index (χ4v) is 4.93. The lowest BCUT2D eigenvalue weighted by Crippen LogP contribution is -2.17. The van der Waals surface area contributed by atoms with Crippen molar-refractivity contribution in [3.05, 3.63) is 64.2 Å². The van der Waals surface area contributed by atoms with Crippen LogP contribution in [-0.4, -0.2) is 24.1 Å². The highest BCUT2D eigenvalue weighted by molar-refractivity contribution is 8.00. The van der Waals surface area contributed by atoms with Crippen molar-refractivity contribution < 1.29 is 14.3 Å². The Labute approximate surface area is 178 Å². The Balaban J connectivity index is 1.32. The number of aromatic nitrogens is 1. The zero-order valence-corrected chi connectivity index (χ0v) is 18.0. The van der Waals surface area contributed by atoms with Crippen molar-refractivity contribution in [2.24, 2.45) is 0 Å². The summed E-state index contributed by atoms with van der Waals surface area (Å²) in [5.74, 6) is 2.15. The molecule has 2 heterocycles. The summed E-state index contributed by atoms with van der Waals surface area (Å²) in [6.45, 7) is 5.30. The number of carbonyl (C=O) groups is 1. The molecule has 29 heavy (non-hydrogen) atoms. The molecule has 2 aromatic carbocycles. The van der Waals surface area contributed by atoms with Crippen molar-refractivity contribution in [3.63, 3.8) is 0 Å². The number of thioether (sulfide) groups is 1. The number of benzene rings is 2. The number of nitrogens with one attached hydrogen (secondary N) is 1. The number of nitrogens with zero attached hydrogens (tertiary/aromatic N) is 1. The van der Waals surface area contributed by atoms with E-state index in [-0.39, 0.29) is 12.3 Å². The molecule has 0 saturated carbocycles. The zero-order chi connectivity index (χ0) is 20.2. The Hall–Kier alpha value is -2.51. The number of aryl methyl sites for hydroxylation is 2. The number of fused-ring (bicyclic) bond motifs is 1. The van der Waals surface area contributed by atoms with Crippen LogP contribution >= 0.6 is 23.1 Å². The summed E-state index contributed by atoms with van der Waals surface area (Å²) >= 11 is 3.29. The van der Waals surface area contributed by atoms with Crippen LogP contribution in [0.4, 0.5) is 5.69 Å². The van der Waals surface area contributed by atoms with Crippen LogP contribution in [0, 0.1) is 13.8 Å². The van der Waals surface area contributed by atoms with Gasteiger partial charge in [0.25, 0.3) is 0 Å². The van der Waals surface area contributed by atoms with Crippen molar-refractivity contribution in [2.45, 2.75) is 30.4 Å². The van der Waals surface area contributed by atoms with Gasteiger partial charge in [0.1, 0.15) is 17.6 Å². The van der Waals surface area contributed by atoms with E-state index >= 15 is 0 Å². The van der Waals surface area contributed by atoms with Gasteiger partial charge in [-0.05, 0) is 37.1 Å². The van der Waals surface area contributed by atoms with E-state index < -0.39 is 0 Å². The minimum atomic E-state index is -0.0990. The fourth-order valence-electron chi connectivity index (χ4n) is 3.02. The highest BCUT2D eigenvalue weighted by Gasteiger charge is 2.14. The van der Waals surface area contributed by atoms with Crippen molar-refractivity contribution in [1.82, 2.24) is 4.98 Å². The molecular formula is C22H22N2O3S2. The fraction of sp³-hybridized carbons (Fsp3) is 0.273. The third-order valence-corrected chi connectivity index (χ3v) is 6.67. The van der Waals surface area contributed by atoms with Gasteiger partial charge in [-0.25, -0.2) is 4.98 Å². The van der Waals surface area contributed by atoms with Gasteiger partial charge >= 0.3 is 0 Å². The van der Waals surface area contributed by atoms with E-state index in [2.05, 4.69) is 42.3 Å². The van der Waals surface area contributed by atoms with Gasteiger partial charge in [0, 0.05) is 22.9 Å². The molecule has 0 saturated heterocycles. The Bertz CT molecular complexity index is 1030. The van der Waals surface area contributed by atoms with Crippen LogP contribution in [0.25, 0.3) is 0 Å². The molecule has 0 bridgehead atoms. The lowest BCUT2D eigenvalue weighted by Gasteiger charge is -2.18. The van der Waals surface area contributed by atoms with E-state index in [9.17, 15) is 4.79 Å². The Morgan fingerprint density at radius 2 is 1.97 bits per heavy atom. The lowest BCUT2D eigenvalue weighted by molar-refractivity contribution is -0.115. The second-order valence-corrected chi connectivity index (χ2v) is 8.99. The molecule has 1 aliphatic heterocycles. The van der Waals surface area contributed by atoms with Crippen molar-refractivity contribution in [3.8, 4) is 11.5 Å². The Morgan fingerprint density at radius 3 is 2.83 bits per heavy atom. The molecule has 3 aromatic rings. The number of anilines is 1. The number of carbonyl (C=O) groups excluding carboxylic acids is 1. The molecule has 0 radical (unpaired) electrons. The van der Waals surface area contributed by atoms with Crippen LogP contribution in [-0.2, 0) is 17.0 Å². The van der Waals surface area contributed by atoms with Gasteiger partial charge < -0.3 is 14.8 Å². The molecule has 0 atom stereocenters. The number of hydrogen-bond acceptors (Lipinski definition) is 6. The molecule has 5 nitrogen and oxygen atoms in total. The maximum absolute atomic E-state index is 12.4. The normalized spacial score (nSPS) is 12.6. The number of ether oxygens (including phenoxy) is 2. The quantitative estimate of drug-likeness (QED) is 0.562. The molecule has 1 aliphatic rings. The minimum Gasteiger partial charge on any atom is -0.486 e. The SMILES string of the molecule is Cc1ccc(C)c(CSc2nc(CC(=O)Nc3ccc4c(c3)OCCO4)cs2)c1. The average Bonchev–Trinajstić information content (AvgIpc) is 3.15. The number of hydrogen-bond donors (Lipinski definition) is 1. The summed E-state index contributed by atoms with van der Waals surface area (Å²) in [4.78, 5) is 17.0. The first-order valence-electron chi connectivity index (χ1n) is 9.39. The topological polar surface area (TPSA) is 60.5 Å². The molecule has 1 N–H and O–H groups in total. The largest absolute Gasteiger partial charge is 0.486 e. The molecule has 0 spiro atoms. The minimum absolute atomic E-state index is 0.0990. The van der Waals surface area contributed by atoms with Gasteiger partial charge in [-0.3, -0.25) is 4.79 Å². The second-order valence-electron chi connectivity index (χ2n) is 6.91. The monoisotopic (exact) mass is 426 g/mol. The van der Waals surface area contributed by atoms with Gasteiger partial charge in [0.05, 0.1) is 12.1 Å². The zero-order valence-electron chi connectivity index (χ0n) is 16.4. The maximum atomic E-state index is 12.4. The summed E-state index contributed by atoms with van der Waals surface area (Å²) in [5.41, 5.74) is 5.36. The Kier molecular flexibility index (Phi) is 6.06. The number of thiazole rings is 1. The van der Waals surface area contributed by atoms with Gasteiger partial charge in [0.15, 0.2) is 11.5 Å². The highest BCUT2D eigenvalue weighted by atomic mass is 32.2. The summed E-state index contributed by atoms with van der Waals surface area (Å²) in [6, 6.07) is 11.9. The number of amides is 1. The smallest absolute Gasteiger partial charge is 0.230 e. The van der Waals surface area contributed by atoms with Crippen LogP contribution in [0.3, 0.4) is 0 Å². The molecule has 0 aliphatic carbocycles. The van der Waals surface area contributed by atoms with Crippen molar-refractivity contribution in [1.29, 1.82) is 0 Å². The average molecular weight is 427 g/mol. The first kappa shape index (κ1) is 19.8. The van der Waals surface area contributed by atoms with E-state index in [4.69, 9.17) is 9.47 Å². The standard InChI is InChI=1S/C22H22N2O3S2/c1-14-3-4-15(2)16(9-14)12-28-22-24-18(13-29-22)11-21(25)23-17-5-6-19-20(10-17)27-8-7-26-19/h3-6,9-10,13H,7-8,11-12H2,1-2H3,(H,23,25). The third kappa shape index (κ3) is 5.10. The molecule has 150 valence electrons. The molecule has 4 rings (SSSR count). The summed E-state index contributed by atoms with van der Waals surface area (Å²) in [7, 11) is 0. The molecule has 1 aromatic heterocycles. The molecule has 7 heteroatoms. The van der Waals surface area contributed by atoms with E-state index in [1.165, 1.54) is 16.7 Å². The van der Waals surface area contributed by atoms with Crippen LogP contribution in [0.2, 0.25) is 0 Å². The molecule has 1 amide bonds. The van der Waals surface area contributed by atoms with E-state index in [1.807, 2.05) is 17.5 Å². The van der Waals surface area contributed by atoms with Crippen LogP contribution in [0.15, 0.2) is 46.1 Å². The predicted octanol–water partition coefficient (Wildman–Crippen LogP) is 5.00. The lowest BCUT2D eigenvalue weighted by atomic mass is 10.1. The van der Waals surface area contributed by atoms with E-state index in [0.717, 1.165) is 15.8 Å². The molecule has 0 fully saturated rings. The highest BCUT2D eigenvalue weighted by Crippen LogP contribution is 2.33. The van der Waals surface area contributed by atoms with Crippen molar-refractivity contribution >= 4 is 34.7 Å². The summed E-state index contributed by atoms with van der Waals surface area (Å²) in [6.07, 6.45) is 0.245. The summed E-state index contributed by atoms with van der Waals surface area (Å²) in [5, 5.41) is 4.86. The van der Waals surface area contributed by atoms with Gasteiger partial charge in [-0.2, -0.15) is 0 Å². The van der Waals surface area contributed by atoms with Gasteiger partial charge in [-0.15, -0.1) is 11.3 Å². The second kappa shape index (κ2) is 8.88.